The Kier molecular flexibility index (Phi) is 6.66. The largest absolute Gasteiger partial charge is 0.490 e. The molecule has 0 aliphatic rings. The van der Waals surface area contributed by atoms with E-state index in [-0.39, 0.29) is 4.90 Å². The molecule has 2 aromatic carbocycles. The lowest BCUT2D eigenvalue weighted by Crippen LogP contribution is -2.12. The van der Waals surface area contributed by atoms with Gasteiger partial charge in [0.15, 0.2) is 11.5 Å². The van der Waals surface area contributed by atoms with Crippen molar-refractivity contribution in [1.29, 1.82) is 0 Å². The third-order valence-corrected chi connectivity index (χ3v) is 4.38. The van der Waals surface area contributed by atoms with Gasteiger partial charge in [-0.15, -0.1) is 0 Å². The lowest BCUT2D eigenvalue weighted by atomic mass is 10.2. The van der Waals surface area contributed by atoms with Crippen molar-refractivity contribution in [2.45, 2.75) is 31.7 Å². The van der Waals surface area contributed by atoms with Gasteiger partial charge in [-0.1, -0.05) is 13.0 Å². The summed E-state index contributed by atoms with van der Waals surface area (Å²) < 4.78 is 33.9. The number of anilines is 1. The van der Waals surface area contributed by atoms with Crippen molar-refractivity contribution in [3.05, 3.63) is 48.0 Å². The molecule has 0 fully saturated rings. The normalized spacial score (nSPS) is 11.2. The van der Waals surface area contributed by atoms with Crippen LogP contribution in [0.2, 0.25) is 0 Å². The van der Waals surface area contributed by atoms with Crippen LogP contribution >= 0.6 is 0 Å². The fraction of sp³-hybridized carbons (Fsp3) is 0.333. The number of hydrogen-bond acceptors (Lipinski definition) is 5. The van der Waals surface area contributed by atoms with Crippen LogP contribution in [0.3, 0.4) is 0 Å². The van der Waals surface area contributed by atoms with Crippen molar-refractivity contribution < 1.29 is 17.9 Å². The molecule has 0 spiro atoms. The molecule has 0 aliphatic carbocycles. The smallest absolute Gasteiger partial charge is 0.238 e. The van der Waals surface area contributed by atoms with E-state index in [1.54, 1.807) is 12.1 Å². The van der Waals surface area contributed by atoms with Crippen LogP contribution < -0.4 is 19.9 Å². The van der Waals surface area contributed by atoms with Gasteiger partial charge in [-0.25, -0.2) is 13.6 Å². The first-order valence-electron chi connectivity index (χ1n) is 8.19. The zero-order valence-electron chi connectivity index (χ0n) is 14.5. The first-order valence-corrected chi connectivity index (χ1v) is 9.74. The van der Waals surface area contributed by atoms with Gasteiger partial charge in [-0.2, -0.15) is 0 Å². The molecule has 2 aromatic rings. The Labute approximate surface area is 149 Å². The van der Waals surface area contributed by atoms with Crippen LogP contribution in [0.4, 0.5) is 5.69 Å². The van der Waals surface area contributed by atoms with Crippen LogP contribution in [0.1, 0.15) is 25.8 Å². The highest BCUT2D eigenvalue weighted by Crippen LogP contribution is 2.29. The van der Waals surface area contributed by atoms with E-state index >= 15 is 0 Å². The minimum absolute atomic E-state index is 0.0918. The number of primary sulfonamides is 1. The number of nitrogens with two attached hydrogens (primary N) is 1. The monoisotopic (exact) mass is 364 g/mol. The fourth-order valence-corrected chi connectivity index (χ4v) is 2.74. The minimum atomic E-state index is -3.67. The van der Waals surface area contributed by atoms with Crippen molar-refractivity contribution in [2.75, 3.05) is 18.5 Å². The maximum atomic E-state index is 11.3. The Bertz CT molecular complexity index is 789. The zero-order valence-corrected chi connectivity index (χ0v) is 15.3. The summed E-state index contributed by atoms with van der Waals surface area (Å²) in [5.74, 6) is 1.46. The maximum Gasteiger partial charge on any atom is 0.238 e. The van der Waals surface area contributed by atoms with Gasteiger partial charge in [0.2, 0.25) is 10.0 Å². The summed E-state index contributed by atoms with van der Waals surface area (Å²) in [5.41, 5.74) is 1.83. The molecule has 0 bridgehead atoms. The van der Waals surface area contributed by atoms with Crippen LogP contribution in [0.15, 0.2) is 47.4 Å². The number of ether oxygens (including phenoxy) is 2. The van der Waals surface area contributed by atoms with E-state index in [1.807, 2.05) is 25.1 Å². The number of sulfonamides is 1. The quantitative estimate of drug-likeness (QED) is 0.713. The molecule has 6 nitrogen and oxygen atoms in total. The van der Waals surface area contributed by atoms with Gasteiger partial charge in [-0.05, 0) is 55.3 Å². The molecule has 136 valence electrons. The molecule has 0 saturated carbocycles. The molecule has 0 aromatic heterocycles. The number of nitrogens with one attached hydrogen (secondary N) is 1. The summed E-state index contributed by atoms with van der Waals surface area (Å²) in [6.45, 7) is 5.77. The lowest BCUT2D eigenvalue weighted by molar-refractivity contribution is 0.276. The first-order chi connectivity index (χ1) is 11.9. The molecule has 0 saturated heterocycles. The molecule has 0 amide bonds. The van der Waals surface area contributed by atoms with Gasteiger partial charge in [-0.3, -0.25) is 0 Å². The van der Waals surface area contributed by atoms with Crippen molar-refractivity contribution in [2.24, 2.45) is 5.14 Å². The molecule has 3 N–H and O–H groups in total. The van der Waals surface area contributed by atoms with Crippen LogP contribution in [0.5, 0.6) is 11.5 Å². The third-order valence-electron chi connectivity index (χ3n) is 3.45. The molecule has 2 rings (SSSR count). The van der Waals surface area contributed by atoms with E-state index in [4.69, 9.17) is 14.6 Å². The van der Waals surface area contributed by atoms with Gasteiger partial charge < -0.3 is 14.8 Å². The zero-order chi connectivity index (χ0) is 18.3. The van der Waals surface area contributed by atoms with Gasteiger partial charge in [0.05, 0.1) is 18.1 Å². The van der Waals surface area contributed by atoms with Crippen LogP contribution in [-0.2, 0) is 16.6 Å². The third kappa shape index (κ3) is 5.65. The highest BCUT2D eigenvalue weighted by molar-refractivity contribution is 7.89. The van der Waals surface area contributed by atoms with Gasteiger partial charge >= 0.3 is 0 Å². The highest BCUT2D eigenvalue weighted by Gasteiger charge is 2.08. The molecule has 0 aliphatic heterocycles. The summed E-state index contributed by atoms with van der Waals surface area (Å²) in [6.07, 6.45) is 0.934. The standard InChI is InChI=1S/C18H24N2O4S/c1-3-11-24-17-10-5-14(12-18(17)23-4-2)13-20-15-6-8-16(9-7-15)25(19,21)22/h5-10,12,20H,3-4,11,13H2,1-2H3,(H2,19,21,22). The van der Waals surface area contributed by atoms with E-state index in [9.17, 15) is 8.42 Å². The molecular weight excluding hydrogens is 340 g/mol. The van der Waals surface area contributed by atoms with E-state index in [0.717, 1.165) is 29.2 Å². The van der Waals surface area contributed by atoms with E-state index < -0.39 is 10.0 Å². The average Bonchev–Trinajstić information content (AvgIpc) is 2.59. The fourth-order valence-electron chi connectivity index (χ4n) is 2.23. The number of hydrogen-bond donors (Lipinski definition) is 2. The SMILES string of the molecule is CCCOc1ccc(CNc2ccc(S(N)(=O)=O)cc2)cc1OCC. The predicted molar refractivity (Wildman–Crippen MR) is 98.5 cm³/mol. The Morgan fingerprint density at radius 2 is 1.72 bits per heavy atom. The Morgan fingerprint density at radius 3 is 2.32 bits per heavy atom. The topological polar surface area (TPSA) is 90.6 Å². The molecule has 25 heavy (non-hydrogen) atoms. The van der Waals surface area contributed by atoms with Crippen molar-refractivity contribution in [3.8, 4) is 11.5 Å². The highest BCUT2D eigenvalue weighted by atomic mass is 32.2. The number of benzene rings is 2. The molecular formula is C18H24N2O4S. The summed E-state index contributed by atoms with van der Waals surface area (Å²) in [4.78, 5) is 0.0918. The van der Waals surface area contributed by atoms with Crippen molar-refractivity contribution in [3.63, 3.8) is 0 Å². The van der Waals surface area contributed by atoms with Crippen LogP contribution in [0.25, 0.3) is 0 Å². The molecule has 7 heteroatoms. The second-order valence-electron chi connectivity index (χ2n) is 5.49. The predicted octanol–water partition coefficient (Wildman–Crippen LogP) is 3.13. The van der Waals surface area contributed by atoms with Gasteiger partial charge in [0.25, 0.3) is 0 Å². The van der Waals surface area contributed by atoms with E-state index in [1.165, 1.54) is 12.1 Å². The molecule has 0 unspecified atom stereocenters. The molecule has 0 heterocycles. The number of rotatable bonds is 9. The Balaban J connectivity index is 2.05. The van der Waals surface area contributed by atoms with E-state index in [0.29, 0.717) is 19.8 Å². The van der Waals surface area contributed by atoms with Crippen molar-refractivity contribution in [1.82, 2.24) is 0 Å². The summed E-state index contributed by atoms with van der Waals surface area (Å²) in [7, 11) is -3.67. The van der Waals surface area contributed by atoms with E-state index in [2.05, 4.69) is 12.2 Å². The molecule has 0 radical (unpaired) electrons. The summed E-state index contributed by atoms with van der Waals surface area (Å²) in [5, 5.41) is 8.33. The lowest BCUT2D eigenvalue weighted by Gasteiger charge is -2.14. The first kappa shape index (κ1) is 19.1. The van der Waals surface area contributed by atoms with Crippen LogP contribution in [-0.4, -0.2) is 21.6 Å². The van der Waals surface area contributed by atoms with Crippen molar-refractivity contribution >= 4 is 15.7 Å². The summed E-state index contributed by atoms with van der Waals surface area (Å²) >= 11 is 0. The second-order valence-corrected chi connectivity index (χ2v) is 7.05. The van der Waals surface area contributed by atoms with Gasteiger partial charge in [0, 0.05) is 12.2 Å². The van der Waals surface area contributed by atoms with Gasteiger partial charge in [0.1, 0.15) is 0 Å². The Hall–Kier alpha value is -2.25. The average molecular weight is 364 g/mol. The molecule has 0 atom stereocenters. The summed E-state index contributed by atoms with van der Waals surface area (Å²) in [6, 6.07) is 12.1. The Morgan fingerprint density at radius 1 is 1.00 bits per heavy atom. The maximum absolute atomic E-state index is 11.3. The van der Waals surface area contributed by atoms with Crippen LogP contribution in [0, 0.1) is 0 Å². The second kappa shape index (κ2) is 8.73. The minimum Gasteiger partial charge on any atom is -0.490 e.